The molecule has 5 nitrogen and oxygen atoms in total. The lowest BCUT2D eigenvalue weighted by Gasteiger charge is -2.24. The predicted molar refractivity (Wildman–Crippen MR) is 112 cm³/mol. The highest BCUT2D eigenvalue weighted by atomic mass is 16.1. The number of carbonyl (C=O) groups is 1. The minimum absolute atomic E-state index is 0.0523. The molecule has 1 aliphatic carbocycles. The maximum atomic E-state index is 13.0. The molecular weight excluding hydrogens is 348 g/mol. The van der Waals surface area contributed by atoms with E-state index in [1.54, 1.807) is 12.4 Å². The number of aromatic nitrogens is 2. The van der Waals surface area contributed by atoms with Crippen molar-refractivity contribution < 1.29 is 4.79 Å². The average molecular weight is 374 g/mol. The molecule has 0 spiro atoms. The quantitative estimate of drug-likeness (QED) is 0.711. The van der Waals surface area contributed by atoms with Crippen LogP contribution in [0.5, 0.6) is 0 Å². The number of hydrogen-bond acceptors (Lipinski definition) is 4. The Balaban J connectivity index is 1.54. The summed E-state index contributed by atoms with van der Waals surface area (Å²) >= 11 is 0. The molecule has 3 aromatic rings. The minimum Gasteiger partial charge on any atom is -0.351 e. The number of hydrogen-bond donors (Lipinski definition) is 1. The number of nitrogens with zero attached hydrogens (tertiary/aromatic N) is 3. The molecule has 0 aliphatic heterocycles. The maximum absolute atomic E-state index is 13.0. The largest absolute Gasteiger partial charge is 0.351 e. The fraction of sp³-hybridized carbons (Fsp3) is 0.348. The van der Waals surface area contributed by atoms with Gasteiger partial charge in [-0.05, 0) is 44.2 Å². The van der Waals surface area contributed by atoms with Gasteiger partial charge in [-0.1, -0.05) is 31.0 Å². The van der Waals surface area contributed by atoms with Gasteiger partial charge < -0.3 is 10.2 Å². The molecule has 28 heavy (non-hydrogen) atoms. The van der Waals surface area contributed by atoms with Crippen LogP contribution in [0.15, 0.2) is 54.9 Å². The van der Waals surface area contributed by atoms with E-state index < -0.39 is 0 Å². The Labute approximate surface area is 165 Å². The average Bonchev–Trinajstić information content (AvgIpc) is 3.28. The molecule has 1 N–H and O–H groups in total. The van der Waals surface area contributed by atoms with Gasteiger partial charge >= 0.3 is 0 Å². The number of likely N-dealkylation sites (N-methyl/N-ethyl adjacent to an activating group) is 1. The van der Waals surface area contributed by atoms with Crippen LogP contribution in [0.2, 0.25) is 0 Å². The summed E-state index contributed by atoms with van der Waals surface area (Å²) in [5.74, 6) is -0.0523. The van der Waals surface area contributed by atoms with E-state index in [4.69, 9.17) is 4.98 Å². The second kappa shape index (κ2) is 8.48. The standard InChI is InChI=1S/C23H26N4O/c1-27(18-8-2-3-9-18)14-13-25-23(28)20-15-22(17-7-6-12-24-16-17)26-21-11-5-4-10-19(20)21/h4-7,10-12,15-16,18H,2-3,8-9,13-14H2,1H3,(H,25,28). The molecule has 1 aromatic carbocycles. The van der Waals surface area contributed by atoms with Gasteiger partial charge in [-0.15, -0.1) is 0 Å². The van der Waals surface area contributed by atoms with Gasteiger partial charge in [-0.3, -0.25) is 9.78 Å². The van der Waals surface area contributed by atoms with Crippen LogP contribution in [0.4, 0.5) is 0 Å². The third-order valence-corrected chi connectivity index (χ3v) is 5.62. The monoisotopic (exact) mass is 374 g/mol. The van der Waals surface area contributed by atoms with Crippen LogP contribution < -0.4 is 5.32 Å². The molecule has 4 rings (SSSR count). The third kappa shape index (κ3) is 4.04. The van der Waals surface area contributed by atoms with Gasteiger partial charge in [0, 0.05) is 42.5 Å². The van der Waals surface area contributed by atoms with E-state index in [0.717, 1.165) is 28.7 Å². The molecule has 144 valence electrons. The van der Waals surface area contributed by atoms with Gasteiger partial charge in [0.15, 0.2) is 0 Å². The van der Waals surface area contributed by atoms with Crippen LogP contribution in [-0.2, 0) is 0 Å². The zero-order chi connectivity index (χ0) is 19.3. The Hall–Kier alpha value is -2.79. The van der Waals surface area contributed by atoms with Gasteiger partial charge in [0.25, 0.3) is 5.91 Å². The van der Waals surface area contributed by atoms with Crippen molar-refractivity contribution >= 4 is 16.8 Å². The number of amides is 1. The van der Waals surface area contributed by atoms with Crippen molar-refractivity contribution in [2.24, 2.45) is 0 Å². The number of carbonyl (C=O) groups excluding carboxylic acids is 1. The van der Waals surface area contributed by atoms with Crippen molar-refractivity contribution in [3.63, 3.8) is 0 Å². The first-order valence-corrected chi connectivity index (χ1v) is 10.0. The van der Waals surface area contributed by atoms with Crippen LogP contribution in [-0.4, -0.2) is 47.0 Å². The minimum atomic E-state index is -0.0523. The maximum Gasteiger partial charge on any atom is 0.252 e. The van der Waals surface area contributed by atoms with E-state index in [9.17, 15) is 4.79 Å². The molecule has 1 amide bonds. The molecule has 0 radical (unpaired) electrons. The Morgan fingerprint density at radius 1 is 1.18 bits per heavy atom. The fourth-order valence-corrected chi connectivity index (χ4v) is 3.99. The SMILES string of the molecule is CN(CCNC(=O)c1cc(-c2cccnc2)nc2ccccc12)C1CCCC1. The summed E-state index contributed by atoms with van der Waals surface area (Å²) < 4.78 is 0. The molecule has 5 heteroatoms. The van der Waals surface area contributed by atoms with Crippen molar-refractivity contribution in [3.05, 3.63) is 60.4 Å². The number of pyridine rings is 2. The molecule has 0 bridgehead atoms. The van der Waals surface area contributed by atoms with Crippen molar-refractivity contribution in [3.8, 4) is 11.3 Å². The summed E-state index contributed by atoms with van der Waals surface area (Å²) in [7, 11) is 2.16. The van der Waals surface area contributed by atoms with Crippen LogP contribution in [0.3, 0.4) is 0 Å². The van der Waals surface area contributed by atoms with Crippen molar-refractivity contribution in [1.29, 1.82) is 0 Å². The lowest BCUT2D eigenvalue weighted by Crippen LogP contribution is -2.37. The Morgan fingerprint density at radius 2 is 2.00 bits per heavy atom. The highest BCUT2D eigenvalue weighted by Crippen LogP contribution is 2.24. The third-order valence-electron chi connectivity index (χ3n) is 5.62. The van der Waals surface area contributed by atoms with E-state index in [-0.39, 0.29) is 5.91 Å². The molecule has 0 unspecified atom stereocenters. The summed E-state index contributed by atoms with van der Waals surface area (Å²) in [4.78, 5) is 24.2. The van der Waals surface area contributed by atoms with Gasteiger partial charge in [0.05, 0.1) is 16.8 Å². The molecule has 1 aliphatic rings. The normalized spacial score (nSPS) is 14.6. The summed E-state index contributed by atoms with van der Waals surface area (Å²) in [6.07, 6.45) is 8.69. The molecule has 1 saturated carbocycles. The number of nitrogens with one attached hydrogen (secondary N) is 1. The topological polar surface area (TPSA) is 58.1 Å². The first-order valence-electron chi connectivity index (χ1n) is 10.0. The van der Waals surface area contributed by atoms with E-state index in [1.807, 2.05) is 42.5 Å². The summed E-state index contributed by atoms with van der Waals surface area (Å²) in [6.45, 7) is 1.51. The van der Waals surface area contributed by atoms with Crippen molar-refractivity contribution in [1.82, 2.24) is 20.2 Å². The molecule has 0 saturated heterocycles. The lowest BCUT2D eigenvalue weighted by molar-refractivity contribution is 0.0949. The molecular formula is C23H26N4O. The zero-order valence-electron chi connectivity index (χ0n) is 16.3. The van der Waals surface area contributed by atoms with Crippen LogP contribution in [0, 0.1) is 0 Å². The molecule has 0 atom stereocenters. The van der Waals surface area contributed by atoms with E-state index in [0.29, 0.717) is 18.2 Å². The van der Waals surface area contributed by atoms with Crippen LogP contribution >= 0.6 is 0 Å². The van der Waals surface area contributed by atoms with Crippen molar-refractivity contribution in [2.45, 2.75) is 31.7 Å². The highest BCUT2D eigenvalue weighted by Gasteiger charge is 2.19. The van der Waals surface area contributed by atoms with Gasteiger partial charge in [0.2, 0.25) is 0 Å². The van der Waals surface area contributed by atoms with Crippen LogP contribution in [0.1, 0.15) is 36.0 Å². The van der Waals surface area contributed by atoms with Gasteiger partial charge in [0.1, 0.15) is 0 Å². The second-order valence-electron chi connectivity index (χ2n) is 7.49. The lowest BCUT2D eigenvalue weighted by atomic mass is 10.0. The summed E-state index contributed by atoms with van der Waals surface area (Å²) in [5.41, 5.74) is 3.15. The summed E-state index contributed by atoms with van der Waals surface area (Å²) in [6, 6.07) is 14.2. The fourth-order valence-electron chi connectivity index (χ4n) is 3.99. The van der Waals surface area contributed by atoms with Crippen molar-refractivity contribution in [2.75, 3.05) is 20.1 Å². The number of rotatable bonds is 6. The first-order chi connectivity index (χ1) is 13.7. The summed E-state index contributed by atoms with van der Waals surface area (Å²) in [5, 5.41) is 3.97. The van der Waals surface area contributed by atoms with E-state index >= 15 is 0 Å². The second-order valence-corrected chi connectivity index (χ2v) is 7.49. The van der Waals surface area contributed by atoms with Gasteiger partial charge in [-0.2, -0.15) is 0 Å². The smallest absolute Gasteiger partial charge is 0.252 e. The Bertz CT molecular complexity index is 951. The number of para-hydroxylation sites is 1. The van der Waals surface area contributed by atoms with Gasteiger partial charge in [-0.25, -0.2) is 4.98 Å². The molecule has 2 aromatic heterocycles. The first kappa shape index (κ1) is 18.6. The number of fused-ring (bicyclic) bond motifs is 1. The highest BCUT2D eigenvalue weighted by molar-refractivity contribution is 6.07. The predicted octanol–water partition coefficient (Wildman–Crippen LogP) is 3.90. The van der Waals surface area contributed by atoms with E-state index in [2.05, 4.69) is 22.2 Å². The number of benzene rings is 1. The zero-order valence-corrected chi connectivity index (χ0v) is 16.3. The van der Waals surface area contributed by atoms with E-state index in [1.165, 1.54) is 25.7 Å². The Morgan fingerprint density at radius 3 is 2.79 bits per heavy atom. The molecule has 2 heterocycles. The Kier molecular flexibility index (Phi) is 5.63. The van der Waals surface area contributed by atoms with Crippen LogP contribution in [0.25, 0.3) is 22.2 Å². The molecule has 1 fully saturated rings.